The van der Waals surface area contributed by atoms with Gasteiger partial charge in [-0.3, -0.25) is 0 Å². The van der Waals surface area contributed by atoms with Crippen LogP contribution in [0.25, 0.3) is 10.8 Å². The zero-order valence-corrected chi connectivity index (χ0v) is 12.9. The molecular formula is C16H17BrO3. The third-order valence-corrected chi connectivity index (χ3v) is 4.03. The summed E-state index contributed by atoms with van der Waals surface area (Å²) in [5.41, 5.74) is 0.231. The monoisotopic (exact) mass is 336 g/mol. The largest absolute Gasteiger partial charge is 0.493 e. The number of fused-ring (bicyclic) bond motifs is 1. The van der Waals surface area contributed by atoms with Crippen LogP contribution in [0.4, 0.5) is 0 Å². The van der Waals surface area contributed by atoms with Crippen LogP contribution in [0.5, 0.6) is 5.75 Å². The molecule has 0 aromatic heterocycles. The van der Waals surface area contributed by atoms with E-state index >= 15 is 0 Å². The van der Waals surface area contributed by atoms with Crippen LogP contribution in [-0.4, -0.2) is 17.7 Å². The summed E-state index contributed by atoms with van der Waals surface area (Å²) >= 11 is 3.37. The molecule has 106 valence electrons. The molecule has 0 aliphatic carbocycles. The van der Waals surface area contributed by atoms with Gasteiger partial charge in [-0.1, -0.05) is 44.0 Å². The van der Waals surface area contributed by atoms with Gasteiger partial charge in [-0.2, -0.15) is 0 Å². The number of hydrogen-bond donors (Lipinski definition) is 1. The van der Waals surface area contributed by atoms with E-state index in [1.807, 2.05) is 24.3 Å². The zero-order valence-electron chi connectivity index (χ0n) is 11.4. The Hall–Kier alpha value is -1.55. The second-order valence-electron chi connectivity index (χ2n) is 4.64. The van der Waals surface area contributed by atoms with Crippen molar-refractivity contribution in [3.05, 3.63) is 40.4 Å². The number of carboxylic acids is 1. The summed E-state index contributed by atoms with van der Waals surface area (Å²) in [5, 5.41) is 11.1. The lowest BCUT2D eigenvalue weighted by molar-refractivity contribution is 0.0695. The molecular weight excluding hydrogens is 320 g/mol. The molecule has 0 saturated heterocycles. The van der Waals surface area contributed by atoms with Crippen LogP contribution < -0.4 is 4.74 Å². The lowest BCUT2D eigenvalue weighted by Crippen LogP contribution is -2.02. The molecule has 3 nitrogen and oxygen atoms in total. The number of carboxylic acid groups (broad SMARTS) is 1. The van der Waals surface area contributed by atoms with Gasteiger partial charge in [-0.05, 0) is 28.4 Å². The zero-order chi connectivity index (χ0) is 14.5. The van der Waals surface area contributed by atoms with Gasteiger partial charge in [-0.15, -0.1) is 0 Å². The summed E-state index contributed by atoms with van der Waals surface area (Å²) in [5.74, 6) is -0.321. The van der Waals surface area contributed by atoms with Crippen LogP contribution in [0.1, 0.15) is 36.5 Å². The molecule has 2 aromatic carbocycles. The minimum Gasteiger partial charge on any atom is -0.493 e. The van der Waals surface area contributed by atoms with Gasteiger partial charge < -0.3 is 9.84 Å². The normalized spacial score (nSPS) is 10.7. The van der Waals surface area contributed by atoms with Crippen molar-refractivity contribution >= 4 is 32.7 Å². The molecule has 0 radical (unpaired) electrons. The van der Waals surface area contributed by atoms with Gasteiger partial charge in [0, 0.05) is 15.2 Å². The summed E-state index contributed by atoms with van der Waals surface area (Å²) in [4.78, 5) is 11.3. The van der Waals surface area contributed by atoms with Crippen molar-refractivity contribution in [2.75, 3.05) is 6.61 Å². The third kappa shape index (κ3) is 3.12. The van der Waals surface area contributed by atoms with Gasteiger partial charge in [0.05, 0.1) is 12.2 Å². The predicted octanol–water partition coefficient (Wildman–Crippen LogP) is 4.87. The van der Waals surface area contributed by atoms with E-state index in [1.165, 1.54) is 0 Å². The van der Waals surface area contributed by atoms with Gasteiger partial charge in [0.2, 0.25) is 0 Å². The standard InChI is InChI=1S/C16H17BrO3/c1-2-3-6-9-20-14-10-13(16(18)19)15(17)12-8-5-4-7-11(12)14/h4-5,7-8,10H,2-3,6,9H2,1H3,(H,18,19). The second kappa shape index (κ2) is 6.75. The maximum atomic E-state index is 11.3. The molecule has 0 fully saturated rings. The van der Waals surface area contributed by atoms with Gasteiger partial charge in [0.25, 0.3) is 0 Å². The minimum absolute atomic E-state index is 0.231. The number of rotatable bonds is 6. The fraction of sp³-hybridized carbons (Fsp3) is 0.312. The van der Waals surface area contributed by atoms with Crippen molar-refractivity contribution in [1.29, 1.82) is 0 Å². The van der Waals surface area contributed by atoms with E-state index in [0.717, 1.165) is 30.0 Å². The first-order valence-corrected chi connectivity index (χ1v) is 7.51. The van der Waals surface area contributed by atoms with E-state index in [-0.39, 0.29) is 5.56 Å². The Morgan fingerprint density at radius 1 is 1.25 bits per heavy atom. The van der Waals surface area contributed by atoms with Crippen LogP contribution in [0.15, 0.2) is 34.8 Å². The van der Waals surface area contributed by atoms with Crippen molar-refractivity contribution in [3.63, 3.8) is 0 Å². The van der Waals surface area contributed by atoms with Crippen LogP contribution in [0, 0.1) is 0 Å². The smallest absolute Gasteiger partial charge is 0.337 e. The minimum atomic E-state index is -0.957. The molecule has 0 aliphatic rings. The SMILES string of the molecule is CCCCCOc1cc(C(=O)O)c(Br)c2ccccc12. The number of hydrogen-bond acceptors (Lipinski definition) is 2. The van der Waals surface area contributed by atoms with Gasteiger partial charge in [0.1, 0.15) is 5.75 Å². The predicted molar refractivity (Wildman–Crippen MR) is 83.6 cm³/mol. The highest BCUT2D eigenvalue weighted by Crippen LogP contribution is 2.35. The molecule has 2 rings (SSSR count). The highest BCUT2D eigenvalue weighted by Gasteiger charge is 2.15. The number of halogens is 1. The number of aromatic carboxylic acids is 1. The molecule has 1 N–H and O–H groups in total. The molecule has 0 amide bonds. The maximum Gasteiger partial charge on any atom is 0.337 e. The summed E-state index contributed by atoms with van der Waals surface area (Å²) in [7, 11) is 0. The van der Waals surface area contributed by atoms with Gasteiger partial charge in [0.15, 0.2) is 0 Å². The Bertz CT molecular complexity index is 622. The average molecular weight is 337 g/mol. The summed E-state index contributed by atoms with van der Waals surface area (Å²) in [6.07, 6.45) is 3.22. The van der Waals surface area contributed by atoms with Crippen molar-refractivity contribution < 1.29 is 14.6 Å². The summed E-state index contributed by atoms with van der Waals surface area (Å²) in [6.45, 7) is 2.75. The van der Waals surface area contributed by atoms with E-state index in [2.05, 4.69) is 22.9 Å². The Balaban J connectivity index is 2.41. The molecule has 0 heterocycles. The first-order chi connectivity index (χ1) is 9.65. The van der Waals surface area contributed by atoms with Crippen molar-refractivity contribution in [3.8, 4) is 5.75 Å². The van der Waals surface area contributed by atoms with E-state index in [0.29, 0.717) is 16.8 Å². The van der Waals surface area contributed by atoms with Crippen LogP contribution in [0.2, 0.25) is 0 Å². The van der Waals surface area contributed by atoms with Gasteiger partial charge in [-0.25, -0.2) is 4.79 Å². The molecule has 0 aliphatic heterocycles. The van der Waals surface area contributed by atoms with Gasteiger partial charge >= 0.3 is 5.97 Å². The van der Waals surface area contributed by atoms with Crippen LogP contribution >= 0.6 is 15.9 Å². The number of benzene rings is 2. The lowest BCUT2D eigenvalue weighted by Gasteiger charge is -2.12. The fourth-order valence-electron chi connectivity index (χ4n) is 2.12. The first kappa shape index (κ1) is 14.9. The molecule has 2 aromatic rings. The molecule has 0 saturated carbocycles. The molecule has 20 heavy (non-hydrogen) atoms. The Labute approximate surface area is 126 Å². The van der Waals surface area contributed by atoms with E-state index in [1.54, 1.807) is 6.07 Å². The van der Waals surface area contributed by atoms with Crippen molar-refractivity contribution in [2.24, 2.45) is 0 Å². The third-order valence-electron chi connectivity index (χ3n) is 3.18. The molecule has 0 atom stereocenters. The fourth-order valence-corrected chi connectivity index (χ4v) is 2.75. The van der Waals surface area contributed by atoms with E-state index in [9.17, 15) is 9.90 Å². The highest BCUT2D eigenvalue weighted by molar-refractivity contribution is 9.10. The van der Waals surface area contributed by atoms with Crippen molar-refractivity contribution in [2.45, 2.75) is 26.2 Å². The Morgan fingerprint density at radius 2 is 1.95 bits per heavy atom. The number of carbonyl (C=O) groups is 1. The molecule has 0 spiro atoms. The second-order valence-corrected chi connectivity index (χ2v) is 5.44. The Morgan fingerprint density at radius 3 is 2.60 bits per heavy atom. The van der Waals surface area contributed by atoms with Crippen LogP contribution in [0.3, 0.4) is 0 Å². The van der Waals surface area contributed by atoms with Crippen LogP contribution in [-0.2, 0) is 0 Å². The lowest BCUT2D eigenvalue weighted by atomic mass is 10.1. The highest BCUT2D eigenvalue weighted by atomic mass is 79.9. The summed E-state index contributed by atoms with van der Waals surface area (Å²) < 4.78 is 6.38. The quantitative estimate of drug-likeness (QED) is 0.765. The average Bonchev–Trinajstić information content (AvgIpc) is 2.45. The van der Waals surface area contributed by atoms with E-state index < -0.39 is 5.97 Å². The molecule has 0 bridgehead atoms. The summed E-state index contributed by atoms with van der Waals surface area (Å²) in [6, 6.07) is 9.25. The number of unbranched alkanes of at least 4 members (excludes halogenated alkanes) is 2. The molecule has 0 unspecified atom stereocenters. The maximum absolute atomic E-state index is 11.3. The Kier molecular flexibility index (Phi) is 5.01. The molecule has 4 heteroatoms. The number of ether oxygens (including phenoxy) is 1. The first-order valence-electron chi connectivity index (χ1n) is 6.72. The van der Waals surface area contributed by atoms with E-state index in [4.69, 9.17) is 4.74 Å². The topological polar surface area (TPSA) is 46.5 Å². The van der Waals surface area contributed by atoms with Crippen molar-refractivity contribution in [1.82, 2.24) is 0 Å².